The van der Waals surface area contributed by atoms with E-state index in [0.29, 0.717) is 6.04 Å². The maximum absolute atomic E-state index is 11.4. The predicted octanol–water partition coefficient (Wildman–Crippen LogP) is 1.96. The van der Waals surface area contributed by atoms with E-state index < -0.39 is 0 Å². The zero-order chi connectivity index (χ0) is 12.5. The standard InChI is InChI=1S/C15H22N2O/c1-2-7-17-8-3-4-12-9-13-11(10-14(12)17)5-6-15(18)16-13/h5-6,12,14H,2-4,7-10H2,1H3,(H,16,18). The van der Waals surface area contributed by atoms with Crippen LogP contribution in [-0.4, -0.2) is 29.0 Å². The molecule has 0 amide bonds. The fraction of sp³-hybridized carbons (Fsp3) is 0.667. The van der Waals surface area contributed by atoms with Gasteiger partial charge in [0.2, 0.25) is 5.56 Å². The highest BCUT2D eigenvalue weighted by molar-refractivity contribution is 5.25. The van der Waals surface area contributed by atoms with E-state index in [4.69, 9.17) is 0 Å². The molecule has 1 saturated heterocycles. The molecule has 2 unspecified atom stereocenters. The van der Waals surface area contributed by atoms with E-state index >= 15 is 0 Å². The first-order chi connectivity index (χ1) is 8.78. The number of nitrogens with zero attached hydrogens (tertiary/aromatic N) is 1. The van der Waals surface area contributed by atoms with Gasteiger partial charge in [0.05, 0.1) is 0 Å². The fourth-order valence-electron chi connectivity index (χ4n) is 3.72. The van der Waals surface area contributed by atoms with Gasteiger partial charge in [-0.15, -0.1) is 0 Å². The van der Waals surface area contributed by atoms with Crippen LogP contribution in [0.4, 0.5) is 0 Å². The van der Waals surface area contributed by atoms with Gasteiger partial charge in [0.25, 0.3) is 0 Å². The maximum Gasteiger partial charge on any atom is 0.248 e. The van der Waals surface area contributed by atoms with Crippen molar-refractivity contribution in [3.05, 3.63) is 33.7 Å². The summed E-state index contributed by atoms with van der Waals surface area (Å²) >= 11 is 0. The molecule has 2 aliphatic rings. The molecule has 0 aromatic carbocycles. The van der Waals surface area contributed by atoms with Gasteiger partial charge in [-0.05, 0) is 56.7 Å². The van der Waals surface area contributed by atoms with Crippen LogP contribution in [0.2, 0.25) is 0 Å². The lowest BCUT2D eigenvalue weighted by Gasteiger charge is -2.44. The van der Waals surface area contributed by atoms with Crippen molar-refractivity contribution in [2.24, 2.45) is 5.92 Å². The fourth-order valence-corrected chi connectivity index (χ4v) is 3.72. The monoisotopic (exact) mass is 246 g/mol. The van der Waals surface area contributed by atoms with Crippen LogP contribution in [0.5, 0.6) is 0 Å². The van der Waals surface area contributed by atoms with Gasteiger partial charge in [-0.1, -0.05) is 13.0 Å². The van der Waals surface area contributed by atoms with Crippen molar-refractivity contribution >= 4 is 0 Å². The molecule has 3 rings (SSSR count). The third-order valence-electron chi connectivity index (χ3n) is 4.54. The van der Waals surface area contributed by atoms with E-state index in [9.17, 15) is 4.79 Å². The van der Waals surface area contributed by atoms with Gasteiger partial charge < -0.3 is 4.98 Å². The van der Waals surface area contributed by atoms with Gasteiger partial charge in [0.1, 0.15) is 0 Å². The summed E-state index contributed by atoms with van der Waals surface area (Å²) in [6.45, 7) is 4.74. The number of aromatic amines is 1. The van der Waals surface area contributed by atoms with Gasteiger partial charge >= 0.3 is 0 Å². The molecule has 18 heavy (non-hydrogen) atoms. The van der Waals surface area contributed by atoms with Crippen LogP contribution in [0, 0.1) is 5.92 Å². The number of hydrogen-bond acceptors (Lipinski definition) is 2. The summed E-state index contributed by atoms with van der Waals surface area (Å²) in [5.74, 6) is 0.746. The molecule has 1 aliphatic carbocycles. The highest BCUT2D eigenvalue weighted by atomic mass is 16.1. The highest BCUT2D eigenvalue weighted by Gasteiger charge is 2.35. The molecule has 1 aromatic rings. The molecule has 98 valence electrons. The van der Waals surface area contributed by atoms with Crippen molar-refractivity contribution in [2.45, 2.75) is 45.1 Å². The summed E-state index contributed by atoms with van der Waals surface area (Å²) in [4.78, 5) is 17.1. The van der Waals surface area contributed by atoms with Gasteiger partial charge in [0, 0.05) is 17.8 Å². The van der Waals surface area contributed by atoms with E-state index in [1.54, 1.807) is 6.07 Å². The van der Waals surface area contributed by atoms with E-state index in [1.807, 2.05) is 6.07 Å². The summed E-state index contributed by atoms with van der Waals surface area (Å²) in [6.07, 6.45) is 6.06. The minimum absolute atomic E-state index is 0.0495. The minimum atomic E-state index is 0.0495. The first-order valence-corrected chi connectivity index (χ1v) is 7.23. The quantitative estimate of drug-likeness (QED) is 0.866. The number of rotatable bonds is 2. The number of aromatic nitrogens is 1. The molecule has 3 nitrogen and oxygen atoms in total. The lowest BCUT2D eigenvalue weighted by molar-refractivity contribution is 0.0845. The topological polar surface area (TPSA) is 36.1 Å². The Kier molecular flexibility index (Phi) is 3.25. The van der Waals surface area contributed by atoms with Crippen molar-refractivity contribution < 1.29 is 0 Å². The smallest absolute Gasteiger partial charge is 0.248 e. The van der Waals surface area contributed by atoms with E-state index in [2.05, 4.69) is 16.8 Å². The van der Waals surface area contributed by atoms with Crippen molar-refractivity contribution in [3.63, 3.8) is 0 Å². The number of pyridine rings is 1. The first-order valence-electron chi connectivity index (χ1n) is 7.23. The minimum Gasteiger partial charge on any atom is -0.326 e. The van der Waals surface area contributed by atoms with Crippen LogP contribution in [0.3, 0.4) is 0 Å². The van der Waals surface area contributed by atoms with Crippen LogP contribution in [0.1, 0.15) is 37.4 Å². The predicted molar refractivity (Wildman–Crippen MR) is 72.8 cm³/mol. The van der Waals surface area contributed by atoms with Gasteiger partial charge in [-0.2, -0.15) is 0 Å². The maximum atomic E-state index is 11.4. The van der Waals surface area contributed by atoms with Crippen LogP contribution in [-0.2, 0) is 12.8 Å². The van der Waals surface area contributed by atoms with E-state index in [0.717, 1.165) is 18.8 Å². The number of nitrogens with one attached hydrogen (secondary N) is 1. The SMILES string of the molecule is CCCN1CCCC2Cc3[nH]c(=O)ccc3CC21. The average molecular weight is 246 g/mol. The Morgan fingerprint density at radius 2 is 2.28 bits per heavy atom. The van der Waals surface area contributed by atoms with Crippen molar-refractivity contribution in [1.29, 1.82) is 0 Å². The van der Waals surface area contributed by atoms with Crippen LogP contribution in [0.15, 0.2) is 16.9 Å². The number of piperidine rings is 1. The van der Waals surface area contributed by atoms with E-state index in [1.165, 1.54) is 43.6 Å². The zero-order valence-electron chi connectivity index (χ0n) is 11.1. The number of H-pyrrole nitrogens is 1. The highest BCUT2D eigenvalue weighted by Crippen LogP contribution is 2.33. The second kappa shape index (κ2) is 4.88. The Morgan fingerprint density at radius 1 is 1.39 bits per heavy atom. The van der Waals surface area contributed by atoms with Gasteiger partial charge in [-0.25, -0.2) is 0 Å². The molecular formula is C15H22N2O. The van der Waals surface area contributed by atoms with Crippen molar-refractivity contribution in [1.82, 2.24) is 9.88 Å². The molecule has 2 heterocycles. The largest absolute Gasteiger partial charge is 0.326 e. The lowest BCUT2D eigenvalue weighted by Crippen LogP contribution is -2.49. The second-order valence-electron chi connectivity index (χ2n) is 5.74. The van der Waals surface area contributed by atoms with Crippen LogP contribution in [0.25, 0.3) is 0 Å². The Bertz CT molecular complexity index is 478. The lowest BCUT2D eigenvalue weighted by atomic mass is 9.77. The molecule has 2 atom stereocenters. The Morgan fingerprint density at radius 3 is 3.11 bits per heavy atom. The molecule has 3 heteroatoms. The molecule has 1 fully saturated rings. The molecule has 1 aromatic heterocycles. The van der Waals surface area contributed by atoms with Crippen molar-refractivity contribution in [3.8, 4) is 0 Å². The second-order valence-corrected chi connectivity index (χ2v) is 5.74. The Balaban J connectivity index is 1.87. The van der Waals surface area contributed by atoms with E-state index in [-0.39, 0.29) is 5.56 Å². The molecule has 0 radical (unpaired) electrons. The molecular weight excluding hydrogens is 224 g/mol. The molecule has 1 N–H and O–H groups in total. The van der Waals surface area contributed by atoms with Gasteiger partial charge in [-0.3, -0.25) is 9.69 Å². The summed E-state index contributed by atoms with van der Waals surface area (Å²) in [5.41, 5.74) is 2.61. The Labute approximate surface area is 108 Å². The normalized spacial score (nSPS) is 27.6. The zero-order valence-corrected chi connectivity index (χ0v) is 11.1. The summed E-state index contributed by atoms with van der Waals surface area (Å²) < 4.78 is 0. The average Bonchev–Trinajstić information content (AvgIpc) is 2.37. The van der Waals surface area contributed by atoms with Crippen molar-refractivity contribution in [2.75, 3.05) is 13.1 Å². The third-order valence-corrected chi connectivity index (χ3v) is 4.54. The number of hydrogen-bond donors (Lipinski definition) is 1. The molecule has 1 aliphatic heterocycles. The van der Waals surface area contributed by atoms with Crippen LogP contribution < -0.4 is 5.56 Å². The molecule has 0 bridgehead atoms. The first kappa shape index (κ1) is 12.0. The third kappa shape index (κ3) is 2.12. The number of likely N-dealkylation sites (tertiary alicyclic amines) is 1. The summed E-state index contributed by atoms with van der Waals surface area (Å²) in [6, 6.07) is 4.41. The Hall–Kier alpha value is -1.09. The van der Waals surface area contributed by atoms with Crippen LogP contribution >= 0.6 is 0 Å². The number of fused-ring (bicyclic) bond motifs is 2. The molecule has 0 saturated carbocycles. The summed E-state index contributed by atoms with van der Waals surface area (Å²) in [5, 5.41) is 0. The summed E-state index contributed by atoms with van der Waals surface area (Å²) in [7, 11) is 0. The van der Waals surface area contributed by atoms with Gasteiger partial charge in [0.15, 0.2) is 0 Å². The molecule has 0 spiro atoms.